The summed E-state index contributed by atoms with van der Waals surface area (Å²) in [7, 11) is 2.73. The van der Waals surface area contributed by atoms with Crippen LogP contribution >= 0.6 is 0 Å². The molecule has 17 nitrogen and oxygen atoms in total. The van der Waals surface area contributed by atoms with Gasteiger partial charge in [-0.2, -0.15) is 0 Å². The first-order chi connectivity index (χ1) is 28.1. The molecule has 2 saturated heterocycles. The van der Waals surface area contributed by atoms with Gasteiger partial charge in [-0.25, -0.2) is 9.59 Å². The molecule has 6 atom stereocenters. The van der Waals surface area contributed by atoms with Crippen LogP contribution in [0.2, 0.25) is 0 Å². The van der Waals surface area contributed by atoms with Crippen molar-refractivity contribution in [3.8, 4) is 0 Å². The number of likely N-dealkylation sites (tertiary alicyclic amines) is 2. The predicted octanol–water partition coefficient (Wildman–Crippen LogP) is 2.84. The molecule has 2 fully saturated rings. The first kappa shape index (κ1) is 43.9. The summed E-state index contributed by atoms with van der Waals surface area (Å²) in [5.41, 5.74) is 12.8. The number of carbonyl (C=O) groups is 6. The molecule has 3 aromatic rings. The number of primary amides is 2. The predicted molar refractivity (Wildman–Crippen MR) is 216 cm³/mol. The Kier molecular flexibility index (Phi) is 13.8. The van der Waals surface area contributed by atoms with Crippen molar-refractivity contribution in [3.05, 3.63) is 101 Å². The molecule has 2 aliphatic rings. The van der Waals surface area contributed by atoms with E-state index in [9.17, 15) is 39.0 Å². The molecule has 0 radical (unpaired) electrons. The second kappa shape index (κ2) is 18.6. The van der Waals surface area contributed by atoms with Gasteiger partial charge in [-0.3, -0.25) is 19.2 Å². The molecule has 3 aromatic carbocycles. The number of methoxy groups -OCH3 is 2. The van der Waals surface area contributed by atoms with Crippen LogP contribution < -0.4 is 27.0 Å². The number of hydrogen-bond donors (Lipinski definition) is 6. The highest BCUT2D eigenvalue weighted by Crippen LogP contribution is 2.41. The maximum atomic E-state index is 13.8. The van der Waals surface area contributed by atoms with E-state index in [4.69, 9.17) is 20.9 Å². The van der Waals surface area contributed by atoms with Gasteiger partial charge in [-0.1, -0.05) is 66.7 Å². The molecule has 59 heavy (non-hydrogen) atoms. The summed E-state index contributed by atoms with van der Waals surface area (Å²) in [5, 5.41) is 23.4. The zero-order chi connectivity index (χ0) is 43.1. The van der Waals surface area contributed by atoms with Crippen molar-refractivity contribution < 1.29 is 48.5 Å². The summed E-state index contributed by atoms with van der Waals surface area (Å²) in [5.74, 6) is -2.68. The highest BCUT2D eigenvalue weighted by molar-refractivity contribution is 5.96. The molecule has 5 rings (SSSR count). The molecular formula is C42H53N7O10. The van der Waals surface area contributed by atoms with E-state index in [-0.39, 0.29) is 25.9 Å². The average Bonchev–Trinajstić information content (AvgIpc) is 3.89. The Morgan fingerprint density at radius 3 is 1.36 bits per heavy atom. The molecule has 0 bridgehead atoms. The molecule has 2 aliphatic heterocycles. The molecule has 0 spiro atoms. The van der Waals surface area contributed by atoms with E-state index in [1.165, 1.54) is 24.0 Å². The van der Waals surface area contributed by atoms with Crippen LogP contribution in [0.15, 0.2) is 78.9 Å². The van der Waals surface area contributed by atoms with Crippen molar-refractivity contribution in [1.29, 1.82) is 0 Å². The van der Waals surface area contributed by atoms with Crippen LogP contribution in [-0.2, 0) is 52.8 Å². The summed E-state index contributed by atoms with van der Waals surface area (Å²) in [6, 6.07) is 21.7. The topological polar surface area (TPSA) is 247 Å². The van der Waals surface area contributed by atoms with Gasteiger partial charge in [-0.15, -0.1) is 0 Å². The van der Waals surface area contributed by atoms with Gasteiger partial charge in [0.15, 0.2) is 0 Å². The first-order valence-corrected chi connectivity index (χ1v) is 19.4. The summed E-state index contributed by atoms with van der Waals surface area (Å²) < 4.78 is 10.6. The van der Waals surface area contributed by atoms with E-state index in [0.29, 0.717) is 37.1 Å². The van der Waals surface area contributed by atoms with Crippen LogP contribution in [0.1, 0.15) is 61.8 Å². The lowest BCUT2D eigenvalue weighted by Crippen LogP contribution is -2.60. The van der Waals surface area contributed by atoms with E-state index in [1.807, 2.05) is 54.6 Å². The minimum atomic E-state index is -1.50. The van der Waals surface area contributed by atoms with E-state index in [2.05, 4.69) is 15.5 Å². The number of ether oxygens (including phenoxy) is 2. The summed E-state index contributed by atoms with van der Waals surface area (Å²) in [6.45, 7) is 4.38. The smallest absolute Gasteiger partial charge is 0.405 e. The van der Waals surface area contributed by atoms with Crippen LogP contribution in [0, 0.1) is 0 Å². The number of carboxylic acid groups (broad SMARTS) is 2. The maximum Gasteiger partial charge on any atom is 0.405 e. The first-order valence-electron chi connectivity index (χ1n) is 19.4. The van der Waals surface area contributed by atoms with Crippen LogP contribution in [0.3, 0.4) is 0 Å². The molecule has 316 valence electrons. The summed E-state index contributed by atoms with van der Waals surface area (Å²) in [4.78, 5) is 82.3. The second-order valence-corrected chi connectivity index (χ2v) is 15.0. The van der Waals surface area contributed by atoms with Crippen molar-refractivity contribution in [2.75, 3.05) is 32.2 Å². The van der Waals surface area contributed by atoms with Crippen LogP contribution in [-0.4, -0.2) is 107 Å². The molecule has 17 heteroatoms. The lowest BCUT2D eigenvalue weighted by molar-refractivity contribution is -0.148. The normalized spacial score (nSPS) is 20.9. The molecule has 2 heterocycles. The number of hydrogen-bond acceptors (Lipinski definition) is 9. The Morgan fingerprint density at radius 2 is 1.03 bits per heavy atom. The van der Waals surface area contributed by atoms with Gasteiger partial charge in [0.05, 0.1) is 12.2 Å². The fraction of sp³-hybridized carbons (Fsp3) is 0.429. The SMILES string of the molecule is CO[C@H](C)[C@H](NC(=O)O)C(=O)N1CCC[C@@]1(C(N)=O)c1ccc(CN(Cc2ccc([C@]3(C(N)=O)CCCN3C(=O)[C@@H](NC(=O)O)[C@@H](C)OC)cc2)c2ccccc2)cc1. The fourth-order valence-corrected chi connectivity index (χ4v) is 8.36. The highest BCUT2D eigenvalue weighted by atomic mass is 16.5. The third-order valence-corrected chi connectivity index (χ3v) is 11.6. The lowest BCUT2D eigenvalue weighted by atomic mass is 9.85. The minimum Gasteiger partial charge on any atom is -0.465 e. The van der Waals surface area contributed by atoms with Crippen LogP contribution in [0.4, 0.5) is 15.3 Å². The average molecular weight is 816 g/mol. The molecule has 0 aromatic heterocycles. The Morgan fingerprint density at radius 1 is 0.661 bits per heavy atom. The molecule has 0 unspecified atom stereocenters. The Hall–Kier alpha value is -6.20. The number of benzene rings is 3. The molecular weight excluding hydrogens is 763 g/mol. The zero-order valence-corrected chi connectivity index (χ0v) is 33.6. The monoisotopic (exact) mass is 815 g/mol. The number of anilines is 1. The summed E-state index contributed by atoms with van der Waals surface area (Å²) in [6.07, 6.45) is -2.97. The number of amides is 6. The zero-order valence-electron chi connectivity index (χ0n) is 33.6. The van der Waals surface area contributed by atoms with Gasteiger partial charge in [0.25, 0.3) is 0 Å². The van der Waals surface area contributed by atoms with Gasteiger partial charge in [0.1, 0.15) is 23.2 Å². The molecule has 0 aliphatic carbocycles. The Labute approximate surface area is 342 Å². The second-order valence-electron chi connectivity index (χ2n) is 15.0. The van der Waals surface area contributed by atoms with E-state index >= 15 is 0 Å². The van der Waals surface area contributed by atoms with Gasteiger partial charge in [-0.05, 0) is 73.9 Å². The maximum absolute atomic E-state index is 13.8. The Balaban J connectivity index is 1.41. The van der Waals surface area contributed by atoms with Gasteiger partial charge in [0.2, 0.25) is 23.6 Å². The highest BCUT2D eigenvalue weighted by Gasteiger charge is 2.53. The van der Waals surface area contributed by atoms with Crippen molar-refractivity contribution in [1.82, 2.24) is 20.4 Å². The number of rotatable bonds is 17. The molecule has 6 amide bonds. The number of nitrogens with zero attached hydrogens (tertiary/aromatic N) is 3. The third-order valence-electron chi connectivity index (χ3n) is 11.6. The number of nitrogens with two attached hydrogens (primary N) is 2. The van der Waals surface area contributed by atoms with Crippen molar-refractivity contribution >= 4 is 41.5 Å². The molecule has 8 N–H and O–H groups in total. The summed E-state index contributed by atoms with van der Waals surface area (Å²) >= 11 is 0. The number of nitrogens with one attached hydrogen (secondary N) is 2. The molecule has 0 saturated carbocycles. The van der Waals surface area contributed by atoms with Crippen LogP contribution in [0.5, 0.6) is 0 Å². The largest absolute Gasteiger partial charge is 0.465 e. The van der Waals surface area contributed by atoms with E-state index < -0.39 is 71.2 Å². The van der Waals surface area contributed by atoms with Gasteiger partial charge in [0, 0.05) is 46.1 Å². The van der Waals surface area contributed by atoms with Crippen molar-refractivity contribution in [3.63, 3.8) is 0 Å². The lowest BCUT2D eigenvalue weighted by Gasteiger charge is -2.39. The van der Waals surface area contributed by atoms with E-state index in [1.54, 1.807) is 38.1 Å². The van der Waals surface area contributed by atoms with E-state index in [0.717, 1.165) is 16.8 Å². The third kappa shape index (κ3) is 8.95. The van der Waals surface area contributed by atoms with Crippen molar-refractivity contribution in [2.45, 2.75) is 88.0 Å². The number of carbonyl (C=O) groups excluding carboxylic acids is 4. The fourth-order valence-electron chi connectivity index (χ4n) is 8.36. The van der Waals surface area contributed by atoms with Gasteiger partial charge < -0.3 is 56.5 Å². The van der Waals surface area contributed by atoms with Crippen molar-refractivity contribution in [2.24, 2.45) is 11.5 Å². The quantitative estimate of drug-likeness (QED) is 0.116. The van der Waals surface area contributed by atoms with Gasteiger partial charge >= 0.3 is 12.2 Å². The standard InChI is InChI=1S/C42H53N7O10/c1-26(58-3)33(45-39(54)55)35(50)48-22-8-20-41(48,37(43)52)30-16-12-28(13-17-30)24-47(32-10-6-5-7-11-32)25-29-14-18-31(19-15-29)42(38(44)53)21-9-23-49(42)36(51)34(27(2)59-4)46-40(56)57/h5-7,10-19,26-27,33-34,45-46H,8-9,20-25H2,1-4H3,(H2,43,52)(H2,44,53)(H,54,55)(H,56,57)/t26-,27-,33+,34+,41+,42+/m1/s1. The number of para-hydroxylation sites is 1. The minimum absolute atomic E-state index is 0.197. The van der Waals surface area contributed by atoms with Crippen LogP contribution in [0.25, 0.3) is 0 Å². The Bertz CT molecular complexity index is 1880.